The molecule has 0 aliphatic rings. The van der Waals surface area contributed by atoms with Crippen LogP contribution in [0.4, 0.5) is 0 Å². The Morgan fingerprint density at radius 3 is 2.41 bits per heavy atom. The van der Waals surface area contributed by atoms with E-state index in [0.717, 1.165) is 16.6 Å². The van der Waals surface area contributed by atoms with Crippen LogP contribution >= 0.6 is 11.6 Å². The summed E-state index contributed by atoms with van der Waals surface area (Å²) in [7, 11) is 0. The number of fused-ring (bicyclic) bond motifs is 1. The van der Waals surface area contributed by atoms with Crippen molar-refractivity contribution < 1.29 is 9.59 Å². The van der Waals surface area contributed by atoms with Crippen LogP contribution in [0.25, 0.3) is 10.9 Å². The van der Waals surface area contributed by atoms with E-state index in [1.54, 1.807) is 36.4 Å². The third kappa shape index (κ3) is 6.35. The topological polar surface area (TPSA) is 102 Å². The summed E-state index contributed by atoms with van der Waals surface area (Å²) in [6, 6.07) is 13.9. The third-order valence-corrected chi connectivity index (χ3v) is 5.84. The molecule has 0 unspecified atom stereocenters. The summed E-state index contributed by atoms with van der Waals surface area (Å²) in [5, 5.41) is 6.50. The molecule has 0 fully saturated rings. The second kappa shape index (κ2) is 12.2. The van der Waals surface area contributed by atoms with Crippen LogP contribution in [0.15, 0.2) is 58.1 Å². The van der Waals surface area contributed by atoms with Gasteiger partial charge in [0.1, 0.15) is 6.54 Å². The number of nitrogens with zero attached hydrogens (tertiary/aromatic N) is 2. The van der Waals surface area contributed by atoms with Crippen LogP contribution in [-0.4, -0.2) is 27.5 Å². The Balaban J connectivity index is 1.76. The highest BCUT2D eigenvalue weighted by atomic mass is 35.5. The van der Waals surface area contributed by atoms with Gasteiger partial charge in [-0.25, -0.2) is 4.79 Å². The molecular weight excluding hydrogens is 456 g/mol. The molecular formula is C25H29ClN4O4. The van der Waals surface area contributed by atoms with Crippen LogP contribution in [0.1, 0.15) is 38.2 Å². The zero-order valence-corrected chi connectivity index (χ0v) is 19.9. The highest BCUT2D eigenvalue weighted by molar-refractivity contribution is 6.31. The van der Waals surface area contributed by atoms with Crippen LogP contribution in [0.3, 0.4) is 0 Å². The second-order valence-electron chi connectivity index (χ2n) is 8.02. The average Bonchev–Trinajstić information content (AvgIpc) is 2.84. The van der Waals surface area contributed by atoms with Gasteiger partial charge in [-0.2, -0.15) is 0 Å². The van der Waals surface area contributed by atoms with Gasteiger partial charge in [0.15, 0.2) is 0 Å². The molecule has 180 valence electrons. The van der Waals surface area contributed by atoms with E-state index in [2.05, 4.69) is 10.6 Å². The molecule has 0 radical (unpaired) electrons. The van der Waals surface area contributed by atoms with Gasteiger partial charge in [0.2, 0.25) is 11.8 Å². The molecule has 3 rings (SSSR count). The molecule has 9 heteroatoms. The smallest absolute Gasteiger partial charge is 0.331 e. The minimum Gasteiger partial charge on any atom is -0.356 e. The lowest BCUT2D eigenvalue weighted by atomic mass is 10.2. The second-order valence-corrected chi connectivity index (χ2v) is 8.43. The zero-order chi connectivity index (χ0) is 24.5. The van der Waals surface area contributed by atoms with Crippen molar-refractivity contribution >= 4 is 34.3 Å². The molecule has 0 spiro atoms. The third-order valence-electron chi connectivity index (χ3n) is 5.48. The normalized spacial score (nSPS) is 10.9. The van der Waals surface area contributed by atoms with Crippen molar-refractivity contribution in [3.8, 4) is 0 Å². The number of nitrogens with one attached hydrogen (secondary N) is 2. The van der Waals surface area contributed by atoms with Crippen LogP contribution in [-0.2, 0) is 29.2 Å². The molecule has 0 bridgehead atoms. The van der Waals surface area contributed by atoms with Crippen molar-refractivity contribution in [1.82, 2.24) is 19.8 Å². The fourth-order valence-corrected chi connectivity index (χ4v) is 3.87. The van der Waals surface area contributed by atoms with Gasteiger partial charge in [-0.1, -0.05) is 48.9 Å². The number of halogens is 1. The van der Waals surface area contributed by atoms with Crippen LogP contribution in [0, 0.1) is 0 Å². The maximum atomic E-state index is 13.2. The Morgan fingerprint density at radius 2 is 1.65 bits per heavy atom. The van der Waals surface area contributed by atoms with Gasteiger partial charge in [0.25, 0.3) is 5.56 Å². The largest absolute Gasteiger partial charge is 0.356 e. The Hall–Kier alpha value is -3.39. The van der Waals surface area contributed by atoms with Crippen LogP contribution < -0.4 is 21.9 Å². The van der Waals surface area contributed by atoms with E-state index in [1.165, 1.54) is 4.57 Å². The maximum absolute atomic E-state index is 13.2. The number of carbonyl (C=O) groups excluding carboxylic acids is 2. The number of hydrogen-bond donors (Lipinski definition) is 2. The standard InChI is InChI=1S/C25H29ClN4O4/c1-2-14-27-22(31)13-7-8-15-29-24(33)19-10-4-6-12-21(19)30(25(29)34)17-23(32)28-16-18-9-3-5-11-20(18)26/h3-6,9-12H,2,7-8,13-17H2,1H3,(H,27,31)(H,28,32). The first kappa shape index (κ1) is 25.2. The molecule has 0 atom stereocenters. The van der Waals surface area contributed by atoms with E-state index in [9.17, 15) is 19.2 Å². The number of benzene rings is 2. The first-order valence-electron chi connectivity index (χ1n) is 11.4. The summed E-state index contributed by atoms with van der Waals surface area (Å²) in [4.78, 5) is 50.6. The van der Waals surface area contributed by atoms with Gasteiger partial charge in [-0.3, -0.25) is 23.5 Å². The number of aromatic nitrogens is 2. The minimum absolute atomic E-state index is 0.0414. The summed E-state index contributed by atoms with van der Waals surface area (Å²) in [6.07, 6.45) is 2.24. The quantitative estimate of drug-likeness (QED) is 0.408. The van der Waals surface area contributed by atoms with E-state index in [1.807, 2.05) is 19.1 Å². The molecule has 34 heavy (non-hydrogen) atoms. The van der Waals surface area contributed by atoms with Gasteiger partial charge in [-0.15, -0.1) is 0 Å². The van der Waals surface area contributed by atoms with Crippen molar-refractivity contribution in [2.24, 2.45) is 0 Å². The molecule has 2 N–H and O–H groups in total. The van der Waals surface area contributed by atoms with Crippen molar-refractivity contribution in [3.05, 3.63) is 80.0 Å². The number of rotatable bonds is 11. The molecule has 2 amide bonds. The fourth-order valence-electron chi connectivity index (χ4n) is 3.66. The summed E-state index contributed by atoms with van der Waals surface area (Å²) < 4.78 is 2.46. The molecule has 0 saturated carbocycles. The van der Waals surface area contributed by atoms with Gasteiger partial charge in [-0.05, 0) is 43.0 Å². The van der Waals surface area contributed by atoms with Gasteiger partial charge < -0.3 is 10.6 Å². The fraction of sp³-hybridized carbons (Fsp3) is 0.360. The van der Waals surface area contributed by atoms with E-state index in [-0.39, 0.29) is 31.4 Å². The van der Waals surface area contributed by atoms with Crippen LogP contribution in [0.5, 0.6) is 0 Å². The molecule has 0 saturated heterocycles. The molecule has 3 aromatic rings. The van der Waals surface area contributed by atoms with E-state index in [4.69, 9.17) is 11.6 Å². The van der Waals surface area contributed by atoms with Gasteiger partial charge in [0, 0.05) is 31.1 Å². The monoisotopic (exact) mass is 484 g/mol. The van der Waals surface area contributed by atoms with E-state index >= 15 is 0 Å². The molecule has 0 aliphatic heterocycles. The van der Waals surface area contributed by atoms with Crippen molar-refractivity contribution in [2.45, 2.75) is 52.2 Å². The summed E-state index contributed by atoms with van der Waals surface area (Å²) in [5.74, 6) is -0.412. The number of carbonyl (C=O) groups is 2. The highest BCUT2D eigenvalue weighted by Crippen LogP contribution is 2.14. The van der Waals surface area contributed by atoms with Crippen molar-refractivity contribution in [3.63, 3.8) is 0 Å². The number of hydrogen-bond acceptors (Lipinski definition) is 4. The lowest BCUT2D eigenvalue weighted by molar-refractivity contribution is -0.122. The van der Waals surface area contributed by atoms with Gasteiger partial charge in [0.05, 0.1) is 10.9 Å². The Labute approximate surface area is 202 Å². The van der Waals surface area contributed by atoms with Crippen molar-refractivity contribution in [1.29, 1.82) is 0 Å². The summed E-state index contributed by atoms with van der Waals surface area (Å²) in [5.41, 5.74) is 0.221. The molecule has 0 aliphatic carbocycles. The molecule has 1 aromatic heterocycles. The van der Waals surface area contributed by atoms with E-state index in [0.29, 0.717) is 41.7 Å². The number of para-hydroxylation sites is 1. The number of amides is 2. The maximum Gasteiger partial charge on any atom is 0.331 e. The molecule has 1 heterocycles. The highest BCUT2D eigenvalue weighted by Gasteiger charge is 2.15. The first-order chi connectivity index (χ1) is 16.4. The summed E-state index contributed by atoms with van der Waals surface area (Å²) in [6.45, 7) is 2.78. The SMILES string of the molecule is CCCNC(=O)CCCCn1c(=O)c2ccccc2n(CC(=O)NCc2ccccc2Cl)c1=O. The Bertz CT molecular complexity index is 1280. The van der Waals surface area contributed by atoms with E-state index < -0.39 is 11.2 Å². The first-order valence-corrected chi connectivity index (χ1v) is 11.8. The van der Waals surface area contributed by atoms with Crippen LogP contribution in [0.2, 0.25) is 5.02 Å². The Kier molecular flexibility index (Phi) is 9.04. The average molecular weight is 485 g/mol. The zero-order valence-electron chi connectivity index (χ0n) is 19.2. The summed E-state index contributed by atoms with van der Waals surface area (Å²) >= 11 is 6.14. The lowest BCUT2D eigenvalue weighted by Crippen LogP contribution is -2.42. The Morgan fingerprint density at radius 1 is 0.912 bits per heavy atom. The molecule has 2 aromatic carbocycles. The lowest BCUT2D eigenvalue weighted by Gasteiger charge is -2.14. The predicted octanol–water partition coefficient (Wildman–Crippen LogP) is 2.83. The number of unbranched alkanes of at least 4 members (excludes halogenated alkanes) is 1. The van der Waals surface area contributed by atoms with Gasteiger partial charge >= 0.3 is 5.69 Å². The minimum atomic E-state index is -0.549. The van der Waals surface area contributed by atoms with Crippen molar-refractivity contribution in [2.75, 3.05) is 6.54 Å². The predicted molar refractivity (Wildman–Crippen MR) is 133 cm³/mol. The molecule has 8 nitrogen and oxygen atoms in total.